The second-order valence-corrected chi connectivity index (χ2v) is 3.36. The Bertz CT molecular complexity index is 337. The van der Waals surface area contributed by atoms with E-state index in [-0.39, 0.29) is 5.78 Å². The van der Waals surface area contributed by atoms with E-state index in [2.05, 4.69) is 0 Å². The second-order valence-electron chi connectivity index (χ2n) is 3.36. The summed E-state index contributed by atoms with van der Waals surface area (Å²) in [5, 5.41) is 0. The van der Waals surface area contributed by atoms with Gasteiger partial charge in [-0.25, -0.2) is 0 Å². The molecule has 0 radical (unpaired) electrons. The van der Waals surface area contributed by atoms with Crippen LogP contribution in [0.3, 0.4) is 0 Å². The van der Waals surface area contributed by atoms with E-state index < -0.39 is 11.6 Å². The Morgan fingerprint density at radius 3 is 1.87 bits per heavy atom. The fourth-order valence-electron chi connectivity index (χ4n) is 1.54. The minimum atomic E-state index is -1.00. The zero-order chi connectivity index (χ0) is 10.9. The molecule has 0 fully saturated rings. The molecule has 4 nitrogen and oxygen atoms in total. The van der Waals surface area contributed by atoms with E-state index in [4.69, 9.17) is 14.2 Å². The highest BCUT2D eigenvalue weighted by Crippen LogP contribution is 2.35. The molecule has 0 amide bonds. The molecule has 0 aliphatic carbocycles. The Hall–Kier alpha value is -1.23. The molecule has 0 unspecified atom stereocenters. The van der Waals surface area contributed by atoms with Crippen LogP contribution in [0, 0.1) is 0 Å². The Morgan fingerprint density at radius 1 is 1.00 bits per heavy atom. The Morgan fingerprint density at radius 2 is 1.47 bits per heavy atom. The number of ketones is 1. The molecule has 2 bridgehead atoms. The molecule has 80 valence electrons. The minimum Gasteiger partial charge on any atom is -0.346 e. The van der Waals surface area contributed by atoms with E-state index in [9.17, 15) is 4.79 Å². The van der Waals surface area contributed by atoms with Crippen LogP contribution in [0.2, 0.25) is 0 Å². The van der Waals surface area contributed by atoms with Gasteiger partial charge in [0.1, 0.15) is 0 Å². The van der Waals surface area contributed by atoms with Gasteiger partial charge in [0.25, 0.3) is 0 Å². The zero-order valence-electron chi connectivity index (χ0n) is 8.60. The third kappa shape index (κ3) is 1.67. The Kier molecular flexibility index (Phi) is 2.34. The first kappa shape index (κ1) is 10.3. The summed E-state index contributed by atoms with van der Waals surface area (Å²) in [6.45, 7) is 0. The molecule has 2 rings (SSSR count). The summed E-state index contributed by atoms with van der Waals surface area (Å²) < 4.78 is 16.1. The average molecular weight is 208 g/mol. The van der Waals surface area contributed by atoms with Crippen molar-refractivity contribution in [2.24, 2.45) is 0 Å². The quantitative estimate of drug-likeness (QED) is 0.634. The van der Waals surface area contributed by atoms with Gasteiger partial charge in [0.05, 0.1) is 0 Å². The summed E-state index contributed by atoms with van der Waals surface area (Å²) in [7, 11) is 3.02. The first-order chi connectivity index (χ1) is 7.14. The van der Waals surface area contributed by atoms with Crippen LogP contribution in [0.25, 0.3) is 0 Å². The van der Waals surface area contributed by atoms with Crippen molar-refractivity contribution in [3.63, 3.8) is 0 Å². The highest BCUT2D eigenvalue weighted by atomic mass is 16.8. The number of ether oxygens (including phenoxy) is 3. The van der Waals surface area contributed by atoms with E-state index in [0.29, 0.717) is 0 Å². The van der Waals surface area contributed by atoms with Crippen molar-refractivity contribution in [1.82, 2.24) is 0 Å². The van der Waals surface area contributed by atoms with E-state index >= 15 is 0 Å². The average Bonchev–Trinajstić information content (AvgIpc) is 2.65. The van der Waals surface area contributed by atoms with E-state index in [0.717, 1.165) is 0 Å². The maximum absolute atomic E-state index is 11.3. The van der Waals surface area contributed by atoms with Crippen LogP contribution >= 0.6 is 0 Å². The van der Waals surface area contributed by atoms with Gasteiger partial charge in [-0.3, -0.25) is 4.79 Å². The summed E-state index contributed by atoms with van der Waals surface area (Å²) >= 11 is 0. The van der Waals surface area contributed by atoms with Crippen LogP contribution < -0.4 is 0 Å². The highest BCUT2D eigenvalue weighted by Gasteiger charge is 2.43. The van der Waals surface area contributed by atoms with Gasteiger partial charge in [-0.05, 0) is 36.5 Å². The topological polar surface area (TPSA) is 44.8 Å². The van der Waals surface area contributed by atoms with Crippen molar-refractivity contribution in [2.45, 2.75) is 11.6 Å². The molecule has 0 N–H and O–H groups in total. The van der Waals surface area contributed by atoms with Crippen LogP contribution in [0.4, 0.5) is 0 Å². The number of fused-ring (bicyclic) bond motifs is 2. The Balaban J connectivity index is 2.43. The molecule has 2 aliphatic rings. The number of carbonyl (C=O) groups is 1. The van der Waals surface area contributed by atoms with Crippen LogP contribution in [-0.4, -0.2) is 31.6 Å². The van der Waals surface area contributed by atoms with Crippen molar-refractivity contribution in [1.29, 1.82) is 0 Å². The Labute approximate surface area is 87.8 Å². The molecule has 0 saturated carbocycles. The molecule has 0 aromatic heterocycles. The monoisotopic (exact) mass is 208 g/mol. The molecule has 0 aromatic carbocycles. The van der Waals surface area contributed by atoms with Crippen molar-refractivity contribution >= 4 is 5.78 Å². The fourth-order valence-corrected chi connectivity index (χ4v) is 1.54. The second kappa shape index (κ2) is 3.41. The largest absolute Gasteiger partial charge is 0.346 e. The molecule has 4 heteroatoms. The maximum Gasteiger partial charge on any atom is 0.211 e. The number of allylic oxidation sites excluding steroid dienone is 2. The van der Waals surface area contributed by atoms with Crippen LogP contribution in [-0.2, 0) is 19.0 Å². The number of rotatable bonds is 2. The molecule has 15 heavy (non-hydrogen) atoms. The van der Waals surface area contributed by atoms with Crippen molar-refractivity contribution in [3.8, 4) is 0 Å². The summed E-state index contributed by atoms with van der Waals surface area (Å²) in [5.41, 5.74) is 0. The fraction of sp³-hybridized carbons (Fsp3) is 0.364. The predicted molar refractivity (Wildman–Crippen MR) is 53.0 cm³/mol. The van der Waals surface area contributed by atoms with Gasteiger partial charge in [-0.2, -0.15) is 0 Å². The lowest BCUT2D eigenvalue weighted by Gasteiger charge is -2.30. The lowest BCUT2D eigenvalue weighted by molar-refractivity contribution is -0.253. The standard InChI is InChI=1S/C11H12O4/c1-13-10-5-3-9(12)4-6-11(14-2,15-10)8-7-10/h3-8H,1-2H3/b5-3-,6-4-/t10-,11+. The molecule has 2 heterocycles. The van der Waals surface area contributed by atoms with Gasteiger partial charge in [-0.1, -0.05) is 0 Å². The zero-order valence-corrected chi connectivity index (χ0v) is 8.60. The number of carbonyl (C=O) groups excluding carboxylic acids is 1. The van der Waals surface area contributed by atoms with Gasteiger partial charge >= 0.3 is 0 Å². The van der Waals surface area contributed by atoms with E-state index in [1.54, 1.807) is 24.3 Å². The number of methoxy groups -OCH3 is 2. The summed E-state index contributed by atoms with van der Waals surface area (Å²) in [5.74, 6) is -2.13. The van der Waals surface area contributed by atoms with Gasteiger partial charge in [0.2, 0.25) is 11.6 Å². The van der Waals surface area contributed by atoms with Gasteiger partial charge in [0, 0.05) is 14.2 Å². The number of hydrogen-bond donors (Lipinski definition) is 0. The number of hydrogen-bond acceptors (Lipinski definition) is 4. The van der Waals surface area contributed by atoms with Crippen LogP contribution in [0.15, 0.2) is 36.5 Å². The van der Waals surface area contributed by atoms with Gasteiger partial charge in [0.15, 0.2) is 5.78 Å². The minimum absolute atomic E-state index is 0.121. The van der Waals surface area contributed by atoms with Crippen molar-refractivity contribution in [3.05, 3.63) is 36.5 Å². The molecular formula is C11H12O4. The van der Waals surface area contributed by atoms with Gasteiger partial charge < -0.3 is 14.2 Å². The summed E-state index contributed by atoms with van der Waals surface area (Å²) in [4.78, 5) is 11.3. The van der Waals surface area contributed by atoms with Crippen molar-refractivity contribution < 1.29 is 19.0 Å². The first-order valence-corrected chi connectivity index (χ1v) is 4.57. The van der Waals surface area contributed by atoms with E-state index in [1.807, 2.05) is 0 Å². The van der Waals surface area contributed by atoms with Crippen molar-refractivity contribution in [2.75, 3.05) is 14.2 Å². The lowest BCUT2D eigenvalue weighted by Crippen LogP contribution is -2.38. The normalized spacial score (nSPS) is 42.4. The maximum atomic E-state index is 11.3. The predicted octanol–water partition coefficient (Wildman–Crippen LogP) is 0.953. The SMILES string of the molecule is CO[C@]12C=C[C@](OC)(/C=C\C(=O)/C=C\1)O2. The smallest absolute Gasteiger partial charge is 0.211 e. The molecular weight excluding hydrogens is 196 g/mol. The lowest BCUT2D eigenvalue weighted by atomic mass is 10.2. The summed E-state index contributed by atoms with van der Waals surface area (Å²) in [6.07, 6.45) is 9.39. The molecule has 0 saturated heterocycles. The van der Waals surface area contributed by atoms with Crippen LogP contribution in [0.1, 0.15) is 0 Å². The third-order valence-electron chi connectivity index (χ3n) is 2.46. The summed E-state index contributed by atoms with van der Waals surface area (Å²) in [6, 6.07) is 0. The molecule has 0 spiro atoms. The van der Waals surface area contributed by atoms with Crippen LogP contribution in [0.5, 0.6) is 0 Å². The van der Waals surface area contributed by atoms with E-state index in [1.165, 1.54) is 26.4 Å². The first-order valence-electron chi connectivity index (χ1n) is 4.57. The molecule has 2 atom stereocenters. The molecule has 2 aliphatic heterocycles. The van der Waals surface area contributed by atoms with Gasteiger partial charge in [-0.15, -0.1) is 0 Å². The molecule has 0 aromatic rings. The third-order valence-corrected chi connectivity index (χ3v) is 2.46. The highest BCUT2D eigenvalue weighted by molar-refractivity contribution is 5.99.